The summed E-state index contributed by atoms with van der Waals surface area (Å²) in [6, 6.07) is 1.81. The Kier molecular flexibility index (Phi) is 4.55. The minimum Gasteiger partial charge on any atom is -0.368 e. The van der Waals surface area contributed by atoms with Crippen LogP contribution in [0, 0.1) is 0 Å². The maximum absolute atomic E-state index is 12.2. The van der Waals surface area contributed by atoms with E-state index in [1.165, 1.54) is 44.9 Å². The average molecular weight is 293 g/mol. The molecule has 3 rings (SSSR count). The topological polar surface area (TPSA) is 58.4 Å². The standard InChI is InChI=1S/C17H31N3O/c1-2-20(14-6-3-4-7-14)15-8-5-11-17(12-15,16(18)21)19-13-9-10-13/h13-15,19H,2-12H2,1H3,(H2,18,21). The van der Waals surface area contributed by atoms with E-state index >= 15 is 0 Å². The second-order valence-electron chi connectivity index (χ2n) is 7.38. The number of rotatable bonds is 6. The van der Waals surface area contributed by atoms with Gasteiger partial charge in [0.25, 0.3) is 0 Å². The summed E-state index contributed by atoms with van der Waals surface area (Å²) in [5.41, 5.74) is 5.38. The first kappa shape index (κ1) is 15.3. The third-order valence-electron chi connectivity index (χ3n) is 5.88. The fourth-order valence-corrected chi connectivity index (χ4v) is 4.62. The van der Waals surface area contributed by atoms with Gasteiger partial charge in [0.05, 0.1) is 5.54 Å². The number of nitrogens with one attached hydrogen (secondary N) is 1. The van der Waals surface area contributed by atoms with Crippen LogP contribution in [-0.4, -0.2) is 41.0 Å². The Morgan fingerprint density at radius 3 is 2.38 bits per heavy atom. The lowest BCUT2D eigenvalue weighted by molar-refractivity contribution is -0.127. The Labute approximate surface area is 128 Å². The third-order valence-corrected chi connectivity index (χ3v) is 5.88. The molecule has 3 fully saturated rings. The molecule has 3 N–H and O–H groups in total. The minimum atomic E-state index is -0.434. The van der Waals surface area contributed by atoms with Crippen LogP contribution in [0.3, 0.4) is 0 Å². The molecular weight excluding hydrogens is 262 g/mol. The van der Waals surface area contributed by atoms with Crippen LogP contribution >= 0.6 is 0 Å². The molecule has 0 spiro atoms. The Hall–Kier alpha value is -0.610. The van der Waals surface area contributed by atoms with Crippen molar-refractivity contribution in [2.24, 2.45) is 5.73 Å². The van der Waals surface area contributed by atoms with Crippen molar-refractivity contribution in [3.05, 3.63) is 0 Å². The zero-order valence-corrected chi connectivity index (χ0v) is 13.4. The number of amides is 1. The summed E-state index contributed by atoms with van der Waals surface area (Å²) >= 11 is 0. The number of carbonyl (C=O) groups excluding carboxylic acids is 1. The van der Waals surface area contributed by atoms with Gasteiger partial charge in [-0.2, -0.15) is 0 Å². The van der Waals surface area contributed by atoms with Crippen molar-refractivity contribution in [3.8, 4) is 0 Å². The van der Waals surface area contributed by atoms with Gasteiger partial charge in [-0.1, -0.05) is 19.8 Å². The number of hydrogen-bond acceptors (Lipinski definition) is 3. The molecule has 21 heavy (non-hydrogen) atoms. The molecule has 3 aliphatic rings. The van der Waals surface area contributed by atoms with Gasteiger partial charge in [-0.25, -0.2) is 0 Å². The maximum atomic E-state index is 12.2. The van der Waals surface area contributed by atoms with Crippen LogP contribution in [0.4, 0.5) is 0 Å². The molecule has 0 radical (unpaired) electrons. The minimum absolute atomic E-state index is 0.124. The number of nitrogens with zero attached hydrogens (tertiary/aromatic N) is 1. The Morgan fingerprint density at radius 2 is 1.81 bits per heavy atom. The van der Waals surface area contributed by atoms with E-state index in [1.54, 1.807) is 0 Å². The zero-order chi connectivity index (χ0) is 14.9. The maximum Gasteiger partial charge on any atom is 0.237 e. The van der Waals surface area contributed by atoms with Gasteiger partial charge in [0.1, 0.15) is 0 Å². The molecule has 3 aliphatic carbocycles. The van der Waals surface area contributed by atoms with E-state index in [1.807, 2.05) is 0 Å². The Bertz CT molecular complexity index is 376. The lowest BCUT2D eigenvalue weighted by Gasteiger charge is -2.45. The molecule has 4 heteroatoms. The number of carbonyl (C=O) groups is 1. The fourth-order valence-electron chi connectivity index (χ4n) is 4.62. The van der Waals surface area contributed by atoms with Crippen LogP contribution in [0.1, 0.15) is 71.1 Å². The number of hydrogen-bond donors (Lipinski definition) is 2. The quantitative estimate of drug-likeness (QED) is 0.789. The molecule has 0 aromatic heterocycles. The molecule has 0 aromatic rings. The smallest absolute Gasteiger partial charge is 0.237 e. The normalized spacial score (nSPS) is 34.5. The van der Waals surface area contributed by atoms with Crippen molar-refractivity contribution < 1.29 is 4.79 Å². The summed E-state index contributed by atoms with van der Waals surface area (Å²) in [5.74, 6) is -0.124. The van der Waals surface area contributed by atoms with Gasteiger partial charge in [0.2, 0.25) is 5.91 Å². The monoisotopic (exact) mass is 293 g/mol. The third kappa shape index (κ3) is 3.26. The Balaban J connectivity index is 1.71. The predicted molar refractivity (Wildman–Crippen MR) is 85.0 cm³/mol. The van der Waals surface area contributed by atoms with Gasteiger partial charge in [-0.05, 0) is 57.9 Å². The van der Waals surface area contributed by atoms with Gasteiger partial charge in [-0.3, -0.25) is 9.69 Å². The van der Waals surface area contributed by atoms with Crippen molar-refractivity contribution in [3.63, 3.8) is 0 Å². The highest BCUT2D eigenvalue weighted by atomic mass is 16.1. The van der Waals surface area contributed by atoms with Gasteiger partial charge in [0, 0.05) is 18.1 Å². The first-order valence-corrected chi connectivity index (χ1v) is 8.98. The van der Waals surface area contributed by atoms with Crippen molar-refractivity contribution >= 4 is 5.91 Å². The average Bonchev–Trinajstić information content (AvgIpc) is 3.12. The highest BCUT2D eigenvalue weighted by Crippen LogP contribution is 2.37. The lowest BCUT2D eigenvalue weighted by atomic mass is 9.77. The second kappa shape index (κ2) is 6.25. The van der Waals surface area contributed by atoms with Crippen molar-refractivity contribution in [1.29, 1.82) is 0 Å². The van der Waals surface area contributed by atoms with Crippen LogP contribution < -0.4 is 11.1 Å². The van der Waals surface area contributed by atoms with E-state index in [-0.39, 0.29) is 5.91 Å². The van der Waals surface area contributed by atoms with Crippen LogP contribution in [-0.2, 0) is 4.79 Å². The van der Waals surface area contributed by atoms with E-state index in [0.29, 0.717) is 12.1 Å². The molecule has 0 heterocycles. The van der Waals surface area contributed by atoms with Crippen molar-refractivity contribution in [2.75, 3.05) is 6.54 Å². The van der Waals surface area contributed by atoms with E-state index in [2.05, 4.69) is 17.1 Å². The van der Waals surface area contributed by atoms with E-state index in [4.69, 9.17) is 5.73 Å². The molecular formula is C17H31N3O. The highest BCUT2D eigenvalue weighted by molar-refractivity contribution is 5.85. The largest absolute Gasteiger partial charge is 0.368 e. The summed E-state index contributed by atoms with van der Waals surface area (Å²) in [7, 11) is 0. The highest BCUT2D eigenvalue weighted by Gasteiger charge is 2.46. The predicted octanol–water partition coefficient (Wildman–Crippen LogP) is 2.17. The molecule has 0 aromatic carbocycles. The molecule has 0 bridgehead atoms. The second-order valence-corrected chi connectivity index (χ2v) is 7.38. The summed E-state index contributed by atoms with van der Waals surface area (Å²) in [6.07, 6.45) is 12.0. The van der Waals surface area contributed by atoms with Crippen LogP contribution in [0.25, 0.3) is 0 Å². The molecule has 120 valence electrons. The van der Waals surface area contributed by atoms with E-state index in [9.17, 15) is 4.79 Å². The lowest BCUT2D eigenvalue weighted by Crippen LogP contribution is -2.62. The van der Waals surface area contributed by atoms with Gasteiger partial charge >= 0.3 is 0 Å². The van der Waals surface area contributed by atoms with Crippen molar-refractivity contribution in [1.82, 2.24) is 10.2 Å². The zero-order valence-electron chi connectivity index (χ0n) is 13.4. The van der Waals surface area contributed by atoms with E-state index in [0.717, 1.165) is 31.8 Å². The van der Waals surface area contributed by atoms with Gasteiger partial charge in [0.15, 0.2) is 0 Å². The van der Waals surface area contributed by atoms with Crippen LogP contribution in [0.5, 0.6) is 0 Å². The van der Waals surface area contributed by atoms with E-state index < -0.39 is 5.54 Å². The molecule has 2 atom stereocenters. The summed E-state index contributed by atoms with van der Waals surface area (Å²) in [6.45, 7) is 3.38. The summed E-state index contributed by atoms with van der Waals surface area (Å²) in [5, 5.41) is 3.60. The number of primary amides is 1. The fraction of sp³-hybridized carbons (Fsp3) is 0.941. The van der Waals surface area contributed by atoms with Gasteiger partial charge < -0.3 is 11.1 Å². The Morgan fingerprint density at radius 1 is 1.14 bits per heavy atom. The summed E-state index contributed by atoms with van der Waals surface area (Å²) < 4.78 is 0. The molecule has 2 unspecified atom stereocenters. The molecule has 0 aliphatic heterocycles. The molecule has 4 nitrogen and oxygen atoms in total. The van der Waals surface area contributed by atoms with Crippen molar-refractivity contribution in [2.45, 2.75) is 94.8 Å². The molecule has 1 amide bonds. The SMILES string of the molecule is CCN(C1CCCC1)C1CCCC(NC2CC2)(C(N)=O)C1. The first-order chi connectivity index (χ1) is 10.1. The van der Waals surface area contributed by atoms with Gasteiger partial charge in [-0.15, -0.1) is 0 Å². The summed E-state index contributed by atoms with van der Waals surface area (Å²) in [4.78, 5) is 14.8. The molecule has 3 saturated carbocycles. The number of nitrogens with two attached hydrogens (primary N) is 1. The first-order valence-electron chi connectivity index (χ1n) is 8.98. The van der Waals surface area contributed by atoms with Crippen LogP contribution in [0.15, 0.2) is 0 Å². The van der Waals surface area contributed by atoms with Crippen LogP contribution in [0.2, 0.25) is 0 Å². The molecule has 0 saturated heterocycles.